The monoisotopic (exact) mass is 406 g/mol. The van der Waals surface area contributed by atoms with Crippen molar-refractivity contribution in [2.24, 2.45) is 0 Å². The molecule has 0 unspecified atom stereocenters. The van der Waals surface area contributed by atoms with E-state index in [-0.39, 0.29) is 18.5 Å². The minimum atomic E-state index is -1.50. The molecule has 0 saturated carbocycles. The average Bonchev–Trinajstić information content (AvgIpc) is 3.34. The number of pyridine rings is 1. The van der Waals surface area contributed by atoms with Crippen molar-refractivity contribution in [2.45, 2.75) is 6.10 Å². The highest BCUT2D eigenvalue weighted by atomic mass is 19.2. The number of halogens is 3. The molecule has 0 spiro atoms. The minimum absolute atomic E-state index is 0.128. The predicted molar refractivity (Wildman–Crippen MR) is 94.5 cm³/mol. The molecule has 0 aliphatic carbocycles. The molecule has 1 fully saturated rings. The Bertz CT molecular complexity index is 1100. The van der Waals surface area contributed by atoms with E-state index in [4.69, 9.17) is 4.74 Å². The smallest absolute Gasteiger partial charge is 0.414 e. The number of carbonyl (C=O) groups excluding carboxylic acids is 1. The number of hydrogen-bond acceptors (Lipinski definition) is 6. The van der Waals surface area contributed by atoms with E-state index in [9.17, 15) is 22.8 Å². The number of rotatable bonds is 5. The molecule has 1 saturated heterocycles. The Hall–Kier alpha value is -3.76. The van der Waals surface area contributed by atoms with Gasteiger partial charge in [0.2, 0.25) is 0 Å². The fraction of sp³-hybridized carbons (Fsp3) is 0.167. The van der Waals surface area contributed by atoms with Crippen LogP contribution in [-0.4, -0.2) is 35.0 Å². The van der Waals surface area contributed by atoms with E-state index in [2.05, 4.69) is 15.0 Å². The third-order valence-corrected chi connectivity index (χ3v) is 4.29. The van der Waals surface area contributed by atoms with E-state index >= 15 is 0 Å². The Morgan fingerprint density at radius 1 is 1.14 bits per heavy atom. The second-order valence-electron chi connectivity index (χ2n) is 6.18. The van der Waals surface area contributed by atoms with Crippen molar-refractivity contribution in [3.05, 3.63) is 70.6 Å². The van der Waals surface area contributed by atoms with Gasteiger partial charge in [0.15, 0.2) is 28.7 Å². The number of nitrogens with zero attached hydrogens (tertiary/aromatic N) is 3. The molecular formula is C18H13F3N4O4. The van der Waals surface area contributed by atoms with Crippen LogP contribution in [0.4, 0.5) is 29.5 Å². The lowest BCUT2D eigenvalue weighted by molar-refractivity contribution is 0.147. The summed E-state index contributed by atoms with van der Waals surface area (Å²) in [4.78, 5) is 24.1. The number of amides is 1. The van der Waals surface area contributed by atoms with E-state index in [1.54, 1.807) is 6.07 Å². The van der Waals surface area contributed by atoms with Gasteiger partial charge in [-0.1, -0.05) is 5.16 Å². The largest absolute Gasteiger partial charge is 0.442 e. The van der Waals surface area contributed by atoms with Gasteiger partial charge in [-0.2, -0.15) is 0 Å². The number of benzene rings is 1. The standard InChI is InChI=1S/C18H13F3N4O4/c19-12-7-13(15(20)16(21)17(12)24-4-1-10(26)2-5-24)25-9-11(29-18(25)27)8-22-14-3-6-28-23-14/h1-7,11H,8-9H2,(H,22,23)/t11-/m0/s1. The molecule has 8 nitrogen and oxygen atoms in total. The van der Waals surface area contributed by atoms with Crippen LogP contribution < -0.4 is 15.6 Å². The number of cyclic esters (lactones) is 1. The summed E-state index contributed by atoms with van der Waals surface area (Å²) in [5, 5.41) is 6.49. The zero-order valence-electron chi connectivity index (χ0n) is 14.6. The average molecular weight is 406 g/mol. The van der Waals surface area contributed by atoms with E-state index in [1.807, 2.05) is 0 Å². The lowest BCUT2D eigenvalue weighted by Gasteiger charge is -2.17. The zero-order chi connectivity index (χ0) is 20.5. The van der Waals surface area contributed by atoms with E-state index in [1.165, 1.54) is 6.26 Å². The van der Waals surface area contributed by atoms with Crippen LogP contribution in [0.25, 0.3) is 5.69 Å². The van der Waals surface area contributed by atoms with Crippen LogP contribution in [0.1, 0.15) is 0 Å². The van der Waals surface area contributed by atoms with Crippen molar-refractivity contribution in [3.63, 3.8) is 0 Å². The van der Waals surface area contributed by atoms with Gasteiger partial charge in [0.1, 0.15) is 18.1 Å². The fourth-order valence-corrected chi connectivity index (χ4v) is 2.91. The summed E-state index contributed by atoms with van der Waals surface area (Å²) in [6.45, 7) is 0.00763. The summed E-state index contributed by atoms with van der Waals surface area (Å²) < 4.78 is 54.5. The van der Waals surface area contributed by atoms with Gasteiger partial charge < -0.3 is 19.1 Å². The summed E-state index contributed by atoms with van der Waals surface area (Å²) >= 11 is 0. The highest BCUT2D eigenvalue weighted by Gasteiger charge is 2.36. The van der Waals surface area contributed by atoms with E-state index in [0.29, 0.717) is 11.9 Å². The van der Waals surface area contributed by atoms with Gasteiger partial charge in [0.05, 0.1) is 18.8 Å². The Labute approximate surface area is 161 Å². The molecule has 0 radical (unpaired) electrons. The third kappa shape index (κ3) is 3.53. The molecule has 1 amide bonds. The third-order valence-electron chi connectivity index (χ3n) is 4.29. The highest BCUT2D eigenvalue weighted by molar-refractivity contribution is 5.90. The zero-order valence-corrected chi connectivity index (χ0v) is 14.6. The molecule has 1 aliphatic rings. The maximum absolute atomic E-state index is 14.7. The van der Waals surface area contributed by atoms with Crippen LogP contribution in [0.3, 0.4) is 0 Å². The van der Waals surface area contributed by atoms with Crippen LogP contribution >= 0.6 is 0 Å². The molecule has 4 rings (SSSR count). The summed E-state index contributed by atoms with van der Waals surface area (Å²) in [6.07, 6.45) is 1.92. The summed E-state index contributed by atoms with van der Waals surface area (Å²) in [5.74, 6) is -3.62. The van der Waals surface area contributed by atoms with Gasteiger partial charge >= 0.3 is 6.09 Å². The van der Waals surface area contributed by atoms with Gasteiger partial charge in [0.25, 0.3) is 0 Å². The van der Waals surface area contributed by atoms with Crippen molar-refractivity contribution in [1.82, 2.24) is 9.72 Å². The van der Waals surface area contributed by atoms with Crippen molar-refractivity contribution in [3.8, 4) is 5.69 Å². The number of hydrogen-bond donors (Lipinski definition) is 1. The van der Waals surface area contributed by atoms with Crippen LogP contribution in [0.2, 0.25) is 0 Å². The molecule has 11 heteroatoms. The molecule has 1 aromatic carbocycles. The number of anilines is 2. The molecule has 3 aromatic rings. The molecule has 2 aromatic heterocycles. The van der Waals surface area contributed by atoms with Crippen LogP contribution in [0, 0.1) is 17.5 Å². The summed E-state index contributed by atoms with van der Waals surface area (Å²) in [6, 6.07) is 4.42. The van der Waals surface area contributed by atoms with Gasteiger partial charge in [-0.25, -0.2) is 18.0 Å². The Kier molecular flexibility index (Phi) is 4.71. The molecule has 3 heterocycles. The van der Waals surface area contributed by atoms with Crippen LogP contribution in [0.15, 0.2) is 52.2 Å². The van der Waals surface area contributed by atoms with Gasteiger partial charge in [0, 0.05) is 36.7 Å². The second kappa shape index (κ2) is 7.34. The highest BCUT2D eigenvalue weighted by Crippen LogP contribution is 2.31. The minimum Gasteiger partial charge on any atom is -0.442 e. The first kappa shape index (κ1) is 18.6. The second-order valence-corrected chi connectivity index (χ2v) is 6.18. The predicted octanol–water partition coefficient (Wildman–Crippen LogP) is 2.68. The Morgan fingerprint density at radius 2 is 1.90 bits per heavy atom. The Balaban J connectivity index is 1.59. The first-order chi connectivity index (χ1) is 13.9. The molecule has 1 atom stereocenters. The number of aromatic nitrogens is 2. The lowest BCUT2D eigenvalue weighted by Crippen LogP contribution is -2.28. The molecule has 1 aliphatic heterocycles. The van der Waals surface area contributed by atoms with Gasteiger partial charge in [-0.3, -0.25) is 9.69 Å². The van der Waals surface area contributed by atoms with Crippen molar-refractivity contribution in [1.29, 1.82) is 0 Å². The normalized spacial score (nSPS) is 16.2. The number of nitrogens with one attached hydrogen (secondary N) is 1. The van der Waals surface area contributed by atoms with E-state index < -0.39 is 41.0 Å². The first-order valence-electron chi connectivity index (χ1n) is 8.42. The number of carbonyl (C=O) groups is 1. The van der Waals surface area contributed by atoms with Crippen LogP contribution in [0.5, 0.6) is 0 Å². The summed E-state index contributed by atoms with van der Waals surface area (Å²) in [5.41, 5.74) is -1.66. The number of ether oxygens (including phenoxy) is 1. The quantitative estimate of drug-likeness (QED) is 0.656. The van der Waals surface area contributed by atoms with Crippen molar-refractivity contribution >= 4 is 17.6 Å². The maximum Gasteiger partial charge on any atom is 0.414 e. The fourth-order valence-electron chi connectivity index (χ4n) is 2.91. The first-order valence-corrected chi connectivity index (χ1v) is 8.42. The summed E-state index contributed by atoms with van der Waals surface area (Å²) in [7, 11) is 0. The van der Waals surface area contributed by atoms with E-state index in [0.717, 1.165) is 34.0 Å². The molecule has 1 N–H and O–H groups in total. The van der Waals surface area contributed by atoms with Gasteiger partial charge in [-0.05, 0) is 0 Å². The SMILES string of the molecule is O=C1O[C@@H](CNc2ccon2)CN1c1cc(F)c(-n2ccc(=O)cc2)c(F)c1F. The molecule has 150 valence electrons. The molecule has 29 heavy (non-hydrogen) atoms. The lowest BCUT2D eigenvalue weighted by atomic mass is 10.2. The molecular weight excluding hydrogens is 393 g/mol. The topological polar surface area (TPSA) is 89.6 Å². The van der Waals surface area contributed by atoms with Crippen molar-refractivity contribution < 1.29 is 27.2 Å². The Morgan fingerprint density at radius 3 is 2.59 bits per heavy atom. The van der Waals surface area contributed by atoms with Crippen LogP contribution in [-0.2, 0) is 4.74 Å². The van der Waals surface area contributed by atoms with Crippen molar-refractivity contribution in [2.75, 3.05) is 23.3 Å². The van der Waals surface area contributed by atoms with Gasteiger partial charge in [-0.15, -0.1) is 0 Å². The molecule has 0 bridgehead atoms. The maximum atomic E-state index is 14.7.